The van der Waals surface area contributed by atoms with E-state index in [9.17, 15) is 4.79 Å². The summed E-state index contributed by atoms with van der Waals surface area (Å²) in [7, 11) is 1.63. The number of hydrogen-bond acceptors (Lipinski definition) is 3. The van der Waals surface area contributed by atoms with Crippen LogP contribution in [0.4, 0.5) is 0 Å². The molecule has 1 N–H and O–H groups in total. The number of fused-ring (bicyclic) bond motifs is 1. The number of halogens is 1. The molecule has 2 rings (SSSR count). The van der Waals surface area contributed by atoms with Crippen LogP contribution in [0.3, 0.4) is 0 Å². The molecule has 0 aromatic heterocycles. The third-order valence-corrected chi connectivity index (χ3v) is 4.65. The van der Waals surface area contributed by atoms with Gasteiger partial charge < -0.3 is 10.1 Å². The highest BCUT2D eigenvalue weighted by Crippen LogP contribution is 2.36. The normalized spacial score (nSPS) is 18.9. The van der Waals surface area contributed by atoms with E-state index in [1.165, 1.54) is 10.5 Å². The van der Waals surface area contributed by atoms with Crippen molar-refractivity contribution in [3.8, 4) is 0 Å². The van der Waals surface area contributed by atoms with Crippen LogP contribution in [0.5, 0.6) is 0 Å². The lowest BCUT2D eigenvalue weighted by Gasteiger charge is -2.19. The summed E-state index contributed by atoms with van der Waals surface area (Å²) in [4.78, 5) is 13.5. The van der Waals surface area contributed by atoms with Crippen LogP contribution in [0.15, 0.2) is 29.2 Å². The molecule has 0 radical (unpaired) electrons. The molecule has 0 bridgehead atoms. The number of nitrogens with one attached hydrogen (secondary N) is 1. The first kappa shape index (κ1) is 14.7. The van der Waals surface area contributed by atoms with Crippen molar-refractivity contribution in [3.63, 3.8) is 0 Å². The van der Waals surface area contributed by atoms with Gasteiger partial charge in [-0.3, -0.25) is 4.79 Å². The van der Waals surface area contributed by atoms with Crippen molar-refractivity contribution in [1.29, 1.82) is 0 Å². The predicted molar refractivity (Wildman–Crippen MR) is 78.9 cm³/mol. The van der Waals surface area contributed by atoms with Gasteiger partial charge in [0.2, 0.25) is 5.91 Å². The van der Waals surface area contributed by atoms with E-state index in [1.807, 2.05) is 12.1 Å². The maximum absolute atomic E-state index is 12.2. The highest BCUT2D eigenvalue weighted by atomic mass is 35.5. The van der Waals surface area contributed by atoms with E-state index < -0.39 is 0 Å². The number of thioether (sulfide) groups is 1. The molecule has 0 fully saturated rings. The minimum Gasteiger partial charge on any atom is -0.383 e. The average Bonchev–Trinajstić information content (AvgIpc) is 2.83. The maximum atomic E-state index is 12.2. The lowest BCUT2D eigenvalue weighted by atomic mass is 10.1. The van der Waals surface area contributed by atoms with Gasteiger partial charge in [-0.15, -0.1) is 23.4 Å². The number of ether oxygens (including phenoxy) is 1. The third kappa shape index (κ3) is 3.88. The van der Waals surface area contributed by atoms with Crippen molar-refractivity contribution in [2.45, 2.75) is 29.0 Å². The van der Waals surface area contributed by atoms with Gasteiger partial charge in [0, 0.05) is 17.9 Å². The number of carbonyl (C=O) groups is 1. The fraction of sp³-hybridized carbons (Fsp3) is 0.500. The molecule has 1 aliphatic heterocycles. The Hall–Kier alpha value is -0.710. The van der Waals surface area contributed by atoms with Crippen LogP contribution in [0, 0.1) is 0 Å². The number of methoxy groups -OCH3 is 1. The van der Waals surface area contributed by atoms with Crippen molar-refractivity contribution in [1.82, 2.24) is 5.32 Å². The molecule has 0 saturated carbocycles. The Bertz CT molecular complexity index is 410. The number of rotatable bonds is 6. The van der Waals surface area contributed by atoms with Gasteiger partial charge in [0.25, 0.3) is 0 Å². The molecule has 1 aliphatic rings. The summed E-state index contributed by atoms with van der Waals surface area (Å²) in [5, 5.41) is 2.99. The summed E-state index contributed by atoms with van der Waals surface area (Å²) < 4.78 is 5.10. The SMILES string of the molecule is COCC(CCCl)NC(=O)C1Cc2ccccc2S1. The van der Waals surface area contributed by atoms with Gasteiger partial charge in [0.1, 0.15) is 0 Å². The zero-order valence-corrected chi connectivity index (χ0v) is 12.5. The molecule has 1 amide bonds. The van der Waals surface area contributed by atoms with Gasteiger partial charge in [-0.2, -0.15) is 0 Å². The Kier molecular flexibility index (Phi) is 5.55. The minimum absolute atomic E-state index is 0.000637. The Balaban J connectivity index is 1.91. The first-order valence-corrected chi connectivity index (χ1v) is 7.76. The second-order valence-electron chi connectivity index (χ2n) is 4.56. The van der Waals surface area contributed by atoms with Crippen LogP contribution in [-0.2, 0) is 16.0 Å². The molecule has 3 nitrogen and oxygen atoms in total. The third-order valence-electron chi connectivity index (χ3n) is 3.11. The van der Waals surface area contributed by atoms with Crippen LogP contribution in [0.1, 0.15) is 12.0 Å². The van der Waals surface area contributed by atoms with Crippen molar-refractivity contribution in [3.05, 3.63) is 29.8 Å². The summed E-state index contributed by atoms with van der Waals surface area (Å²) in [6.07, 6.45) is 1.53. The van der Waals surface area contributed by atoms with E-state index in [-0.39, 0.29) is 17.2 Å². The van der Waals surface area contributed by atoms with Crippen molar-refractivity contribution in [2.24, 2.45) is 0 Å². The Morgan fingerprint density at radius 2 is 2.37 bits per heavy atom. The zero-order valence-electron chi connectivity index (χ0n) is 10.9. The molecule has 19 heavy (non-hydrogen) atoms. The predicted octanol–water partition coefficient (Wildman–Crippen LogP) is 2.46. The molecule has 0 aliphatic carbocycles. The Morgan fingerprint density at radius 3 is 3.05 bits per heavy atom. The van der Waals surface area contributed by atoms with Gasteiger partial charge in [-0.1, -0.05) is 18.2 Å². The maximum Gasteiger partial charge on any atom is 0.234 e. The number of alkyl halides is 1. The summed E-state index contributed by atoms with van der Waals surface area (Å²) in [5.74, 6) is 0.597. The first-order chi connectivity index (χ1) is 9.24. The van der Waals surface area contributed by atoms with Crippen LogP contribution in [0.2, 0.25) is 0 Å². The van der Waals surface area contributed by atoms with E-state index >= 15 is 0 Å². The highest BCUT2D eigenvalue weighted by molar-refractivity contribution is 8.01. The Labute approximate surface area is 123 Å². The second kappa shape index (κ2) is 7.17. The van der Waals surface area contributed by atoms with E-state index in [1.54, 1.807) is 18.9 Å². The van der Waals surface area contributed by atoms with Crippen LogP contribution in [0.25, 0.3) is 0 Å². The fourth-order valence-electron chi connectivity index (χ4n) is 2.15. The molecular weight excluding hydrogens is 282 g/mol. The first-order valence-electron chi connectivity index (χ1n) is 6.34. The zero-order chi connectivity index (χ0) is 13.7. The van der Waals surface area contributed by atoms with E-state index in [4.69, 9.17) is 16.3 Å². The molecule has 2 unspecified atom stereocenters. The summed E-state index contributed by atoms with van der Waals surface area (Å²) in [5.41, 5.74) is 1.26. The molecule has 1 aromatic carbocycles. The monoisotopic (exact) mass is 299 g/mol. The molecular formula is C14H18ClNO2S. The van der Waals surface area contributed by atoms with Crippen molar-refractivity contribution in [2.75, 3.05) is 19.6 Å². The second-order valence-corrected chi connectivity index (χ2v) is 6.18. The fourth-order valence-corrected chi connectivity index (χ4v) is 3.62. The Morgan fingerprint density at radius 1 is 1.58 bits per heavy atom. The van der Waals surface area contributed by atoms with Crippen molar-refractivity contribution < 1.29 is 9.53 Å². The number of benzene rings is 1. The van der Waals surface area contributed by atoms with Gasteiger partial charge >= 0.3 is 0 Å². The smallest absolute Gasteiger partial charge is 0.234 e. The number of amides is 1. The molecule has 0 spiro atoms. The minimum atomic E-state index is -0.0351. The molecule has 5 heteroatoms. The topological polar surface area (TPSA) is 38.3 Å². The van der Waals surface area contributed by atoms with Crippen LogP contribution < -0.4 is 5.32 Å². The number of carbonyl (C=O) groups excluding carboxylic acids is 1. The molecule has 1 heterocycles. The van der Waals surface area contributed by atoms with E-state index in [0.29, 0.717) is 12.5 Å². The van der Waals surface area contributed by atoms with Crippen LogP contribution >= 0.6 is 23.4 Å². The average molecular weight is 300 g/mol. The summed E-state index contributed by atoms with van der Waals surface area (Å²) >= 11 is 7.37. The molecule has 2 atom stereocenters. The lowest BCUT2D eigenvalue weighted by molar-refractivity contribution is -0.121. The quantitative estimate of drug-likeness (QED) is 0.820. The summed E-state index contributed by atoms with van der Waals surface area (Å²) in [6, 6.07) is 8.17. The standard InChI is InChI=1S/C14H18ClNO2S/c1-18-9-11(6-7-15)16-14(17)13-8-10-4-2-3-5-12(10)19-13/h2-5,11,13H,6-9H2,1H3,(H,16,17). The van der Waals surface area contributed by atoms with Gasteiger partial charge in [-0.25, -0.2) is 0 Å². The molecule has 104 valence electrons. The lowest BCUT2D eigenvalue weighted by Crippen LogP contribution is -2.42. The van der Waals surface area contributed by atoms with E-state index in [0.717, 1.165) is 12.8 Å². The summed E-state index contributed by atoms with van der Waals surface area (Å²) in [6.45, 7) is 0.503. The van der Waals surface area contributed by atoms with Gasteiger partial charge in [0.05, 0.1) is 17.9 Å². The largest absolute Gasteiger partial charge is 0.383 e. The molecule has 0 saturated heterocycles. The molecule has 1 aromatic rings. The van der Waals surface area contributed by atoms with Crippen molar-refractivity contribution >= 4 is 29.3 Å². The van der Waals surface area contributed by atoms with Crippen LogP contribution in [-0.4, -0.2) is 36.8 Å². The van der Waals surface area contributed by atoms with Gasteiger partial charge in [0.15, 0.2) is 0 Å². The number of hydrogen-bond donors (Lipinski definition) is 1. The van der Waals surface area contributed by atoms with Gasteiger partial charge in [-0.05, 0) is 24.5 Å². The highest BCUT2D eigenvalue weighted by Gasteiger charge is 2.29. The van der Waals surface area contributed by atoms with E-state index in [2.05, 4.69) is 17.4 Å².